The minimum atomic E-state index is -1.19. The van der Waals surface area contributed by atoms with E-state index in [4.69, 9.17) is 9.84 Å². The summed E-state index contributed by atoms with van der Waals surface area (Å²) in [7, 11) is 1.45. The van der Waals surface area contributed by atoms with Crippen molar-refractivity contribution in [2.75, 3.05) is 18.6 Å². The number of carbonyl (C=O) groups excluding carboxylic acids is 4. The van der Waals surface area contributed by atoms with Gasteiger partial charge in [-0.15, -0.1) is 0 Å². The number of benzene rings is 2. The topological polar surface area (TPSA) is 142 Å². The average Bonchev–Trinajstić information content (AvgIpc) is 3.38. The molecule has 236 valence electrons. The number of carbonyl (C=O) groups is 5. The number of methoxy groups -OCH3 is 1. The third-order valence-electron chi connectivity index (χ3n) is 10.3. The van der Waals surface area contributed by atoms with Gasteiger partial charge in [0.25, 0.3) is 0 Å². The molecule has 2 aromatic rings. The van der Waals surface area contributed by atoms with E-state index in [2.05, 4.69) is 0 Å². The van der Waals surface area contributed by atoms with Crippen LogP contribution in [0.15, 0.2) is 54.1 Å². The molecule has 0 spiro atoms. The van der Waals surface area contributed by atoms with Crippen LogP contribution in [-0.2, 0) is 24.0 Å². The summed E-state index contributed by atoms with van der Waals surface area (Å²) >= 11 is 2.02. The van der Waals surface area contributed by atoms with Crippen LogP contribution in [0.4, 0.5) is 5.69 Å². The van der Waals surface area contributed by atoms with E-state index in [9.17, 15) is 29.1 Å². The Hall–Kier alpha value is -3.74. The molecule has 10 nitrogen and oxygen atoms in total. The van der Waals surface area contributed by atoms with Crippen LogP contribution in [0.5, 0.6) is 11.5 Å². The number of hydrogen-bond acceptors (Lipinski definition) is 7. The Balaban J connectivity index is 1.41. The quantitative estimate of drug-likeness (QED) is 0.161. The zero-order chi connectivity index (χ0) is 32.2. The number of phenolic OH excluding ortho intramolecular Hbond substituents is 1. The Kier molecular flexibility index (Phi) is 8.25. The van der Waals surface area contributed by atoms with Crippen LogP contribution >= 0.6 is 22.6 Å². The predicted molar refractivity (Wildman–Crippen MR) is 171 cm³/mol. The van der Waals surface area contributed by atoms with Crippen LogP contribution in [0.3, 0.4) is 0 Å². The molecule has 4 aliphatic rings. The second-order valence-corrected chi connectivity index (χ2v) is 13.7. The lowest BCUT2D eigenvalue weighted by Gasteiger charge is -2.49. The van der Waals surface area contributed by atoms with E-state index in [0.29, 0.717) is 40.5 Å². The van der Waals surface area contributed by atoms with Gasteiger partial charge in [-0.1, -0.05) is 36.3 Å². The van der Waals surface area contributed by atoms with Gasteiger partial charge in [0.1, 0.15) is 0 Å². The minimum Gasteiger partial charge on any atom is -0.504 e. The van der Waals surface area contributed by atoms with Crippen molar-refractivity contribution >= 4 is 57.9 Å². The molecular weight excluding hydrogens is 691 g/mol. The number of aromatic hydroxyl groups is 1. The van der Waals surface area contributed by atoms with Crippen molar-refractivity contribution in [3.05, 3.63) is 63.2 Å². The van der Waals surface area contributed by atoms with Gasteiger partial charge in [-0.05, 0) is 90.9 Å². The summed E-state index contributed by atoms with van der Waals surface area (Å²) in [4.78, 5) is 69.7. The lowest BCUT2D eigenvalue weighted by atomic mass is 9.51. The van der Waals surface area contributed by atoms with E-state index >= 15 is 0 Å². The first-order valence-electron chi connectivity index (χ1n) is 15.3. The number of carboxylic acid groups (broad SMARTS) is 1. The van der Waals surface area contributed by atoms with E-state index in [0.717, 1.165) is 5.57 Å². The summed E-state index contributed by atoms with van der Waals surface area (Å²) in [6.45, 7) is 2.05. The Bertz CT molecular complexity index is 1620. The summed E-state index contributed by atoms with van der Waals surface area (Å²) < 4.78 is 6.01. The molecule has 2 aliphatic heterocycles. The molecular formula is C34H35IN2O8. The lowest BCUT2D eigenvalue weighted by Crippen LogP contribution is -2.48. The molecule has 2 aliphatic carbocycles. The maximum atomic E-state index is 14.5. The number of anilines is 1. The van der Waals surface area contributed by atoms with Crippen molar-refractivity contribution in [2.24, 2.45) is 29.1 Å². The normalized spacial score (nSPS) is 29.0. The Morgan fingerprint density at radius 3 is 2.44 bits per heavy atom. The highest BCUT2D eigenvalue weighted by Crippen LogP contribution is 2.64. The number of unbranched alkanes of at least 4 members (excludes halogenated alkanes) is 2. The smallest absolute Gasteiger partial charge is 0.303 e. The van der Waals surface area contributed by atoms with Crippen LogP contribution in [0, 0.1) is 32.7 Å². The molecule has 0 bridgehead atoms. The number of phenols is 1. The van der Waals surface area contributed by atoms with Gasteiger partial charge < -0.3 is 14.9 Å². The molecule has 6 unspecified atom stereocenters. The number of para-hydroxylation sites is 1. The number of hydrogen-bond donors (Lipinski definition) is 2. The molecule has 11 heteroatoms. The predicted octanol–water partition coefficient (Wildman–Crippen LogP) is 4.88. The number of halogens is 1. The van der Waals surface area contributed by atoms with Crippen LogP contribution in [-0.4, -0.2) is 58.4 Å². The van der Waals surface area contributed by atoms with E-state index in [1.807, 2.05) is 41.7 Å². The van der Waals surface area contributed by atoms with Gasteiger partial charge in [0, 0.05) is 18.9 Å². The Labute approximate surface area is 274 Å². The van der Waals surface area contributed by atoms with Crippen LogP contribution < -0.4 is 9.64 Å². The number of imide groups is 2. The van der Waals surface area contributed by atoms with Crippen LogP contribution in [0.1, 0.15) is 56.9 Å². The minimum absolute atomic E-state index is 0.0242. The van der Waals surface area contributed by atoms with Crippen molar-refractivity contribution in [2.45, 2.75) is 51.4 Å². The molecule has 2 heterocycles. The highest BCUT2D eigenvalue weighted by atomic mass is 127. The SMILES string of the molecule is COc1cc(C2C3=CCC4C(=O)N(CCCCCC(=O)O)C(=O)C4C3CC3C(=O)N(c4ccccc4)C(=O)C32C)cc(I)c1O. The first kappa shape index (κ1) is 31.3. The van der Waals surface area contributed by atoms with Gasteiger partial charge in [0.15, 0.2) is 11.5 Å². The number of ether oxygens (including phenoxy) is 1. The summed E-state index contributed by atoms with van der Waals surface area (Å²) in [5, 5.41) is 19.6. The maximum Gasteiger partial charge on any atom is 0.303 e. The molecule has 6 rings (SSSR count). The van der Waals surface area contributed by atoms with Gasteiger partial charge in [-0.25, -0.2) is 4.90 Å². The largest absolute Gasteiger partial charge is 0.504 e. The van der Waals surface area contributed by atoms with Crippen molar-refractivity contribution in [1.82, 2.24) is 4.90 Å². The number of fused-ring (bicyclic) bond motifs is 4. The number of rotatable bonds is 9. The van der Waals surface area contributed by atoms with Crippen molar-refractivity contribution in [3.63, 3.8) is 0 Å². The maximum absolute atomic E-state index is 14.5. The fourth-order valence-electron chi connectivity index (χ4n) is 8.14. The standard InChI is InChI=1S/C34H35IN2O8/c1-34-23(31(42)37(33(34)44)19-9-5-3-6-10-19)17-22-20(28(34)18-15-24(35)29(40)25(16-18)45-2)12-13-21-27(22)32(43)36(30(21)41)14-8-4-7-11-26(38)39/h3,5-6,9-10,12,15-16,21-23,27-28,40H,4,7-8,11,13-14,17H2,1-2H3,(H,38,39). The molecule has 45 heavy (non-hydrogen) atoms. The number of likely N-dealkylation sites (tertiary alicyclic amines) is 1. The second kappa shape index (κ2) is 11.9. The molecule has 2 saturated heterocycles. The van der Waals surface area contributed by atoms with Crippen LogP contribution in [0.2, 0.25) is 0 Å². The van der Waals surface area contributed by atoms with E-state index in [1.54, 1.807) is 36.4 Å². The van der Waals surface area contributed by atoms with Gasteiger partial charge in [0.05, 0.1) is 39.5 Å². The van der Waals surface area contributed by atoms with Gasteiger partial charge in [-0.2, -0.15) is 0 Å². The van der Waals surface area contributed by atoms with E-state index in [1.165, 1.54) is 16.9 Å². The molecule has 0 radical (unpaired) electrons. The molecule has 6 atom stereocenters. The molecule has 2 aromatic carbocycles. The molecule has 3 fully saturated rings. The first-order valence-corrected chi connectivity index (χ1v) is 16.3. The van der Waals surface area contributed by atoms with Gasteiger partial charge in [0.2, 0.25) is 23.6 Å². The second-order valence-electron chi connectivity index (χ2n) is 12.6. The first-order chi connectivity index (χ1) is 21.5. The number of carboxylic acids is 1. The van der Waals surface area contributed by atoms with E-state index < -0.39 is 41.0 Å². The number of amides is 4. The zero-order valence-electron chi connectivity index (χ0n) is 25.1. The summed E-state index contributed by atoms with van der Waals surface area (Å²) in [5.74, 6) is -4.82. The van der Waals surface area contributed by atoms with Gasteiger partial charge >= 0.3 is 5.97 Å². The lowest BCUT2D eigenvalue weighted by molar-refractivity contribution is -0.141. The number of allylic oxidation sites excluding steroid dienone is 2. The average molecular weight is 727 g/mol. The fraction of sp³-hybridized carbons (Fsp3) is 0.441. The monoisotopic (exact) mass is 726 g/mol. The van der Waals surface area contributed by atoms with E-state index in [-0.39, 0.29) is 54.5 Å². The van der Waals surface area contributed by atoms with Crippen molar-refractivity contribution < 1.29 is 38.9 Å². The summed E-state index contributed by atoms with van der Waals surface area (Å²) in [5.41, 5.74) is 0.844. The third-order valence-corrected chi connectivity index (χ3v) is 11.1. The van der Waals surface area contributed by atoms with Crippen LogP contribution in [0.25, 0.3) is 0 Å². The molecule has 0 aromatic heterocycles. The molecule has 4 amide bonds. The Morgan fingerprint density at radius 1 is 1.02 bits per heavy atom. The number of aliphatic carboxylic acids is 1. The summed E-state index contributed by atoms with van der Waals surface area (Å²) in [6, 6.07) is 12.3. The van der Waals surface area contributed by atoms with Crippen molar-refractivity contribution in [1.29, 1.82) is 0 Å². The molecule has 2 N–H and O–H groups in total. The van der Waals surface area contributed by atoms with Gasteiger partial charge in [-0.3, -0.25) is 28.9 Å². The zero-order valence-corrected chi connectivity index (χ0v) is 27.2. The van der Waals surface area contributed by atoms with Crippen molar-refractivity contribution in [3.8, 4) is 11.5 Å². The summed E-state index contributed by atoms with van der Waals surface area (Å²) in [6.07, 6.45) is 4.20. The Morgan fingerprint density at radius 2 is 1.76 bits per heavy atom. The highest BCUT2D eigenvalue weighted by Gasteiger charge is 2.67. The fourth-order valence-corrected chi connectivity index (χ4v) is 8.77. The molecule has 1 saturated carbocycles. The third kappa shape index (κ3) is 4.94. The highest BCUT2D eigenvalue weighted by molar-refractivity contribution is 14.1. The number of nitrogens with zero attached hydrogens (tertiary/aromatic N) is 2.